The van der Waals surface area contributed by atoms with Gasteiger partial charge in [-0.15, -0.1) is 0 Å². The Morgan fingerprint density at radius 3 is 1.52 bits per heavy atom. The number of carbonyl (C=O) groups is 4. The Bertz CT molecular complexity index is 2400. The monoisotopic (exact) mass is 854 g/mol. The summed E-state index contributed by atoms with van der Waals surface area (Å²) in [6.07, 6.45) is 1.97. The van der Waals surface area contributed by atoms with Crippen molar-refractivity contribution in [3.8, 4) is 0 Å². The topological polar surface area (TPSA) is 150 Å². The number of methoxy groups -OCH3 is 2. The minimum atomic E-state index is -5.77. The predicted molar refractivity (Wildman–Crippen MR) is 219 cm³/mol. The zero-order chi connectivity index (χ0) is 45.5. The number of Topliss-reactive ketones (excluding diaryl/α,β-unsaturated/α-hetero) is 1. The first-order valence-electron chi connectivity index (χ1n) is 18.1. The molecule has 10 nitrogen and oxygen atoms in total. The number of aromatic carboxylic acids is 1. The highest BCUT2D eigenvalue weighted by Crippen LogP contribution is 2.49. The van der Waals surface area contributed by atoms with Crippen molar-refractivity contribution in [1.29, 1.82) is 0 Å². The van der Waals surface area contributed by atoms with Crippen molar-refractivity contribution < 1.29 is 63.9 Å². The third-order valence-electron chi connectivity index (χ3n) is 9.86. The lowest BCUT2D eigenvalue weighted by Gasteiger charge is -2.42. The second kappa shape index (κ2) is 18.9. The number of carboxylic acid groups (broad SMARTS) is 1. The molecule has 4 aromatic carbocycles. The van der Waals surface area contributed by atoms with Gasteiger partial charge in [0.05, 0.1) is 30.9 Å². The second-order valence-electron chi connectivity index (χ2n) is 15.0. The number of ketones is 1. The van der Waals surface area contributed by atoms with Crippen LogP contribution >= 0.6 is 0 Å². The van der Waals surface area contributed by atoms with E-state index < -0.39 is 39.3 Å². The predicted octanol–water partition coefficient (Wildman–Crippen LogP) is 10.2. The lowest BCUT2D eigenvalue weighted by Crippen LogP contribution is -2.35. The number of benzene rings is 4. The number of carboxylic acids is 1. The van der Waals surface area contributed by atoms with Crippen molar-refractivity contribution in [3.63, 3.8) is 0 Å². The maximum atomic E-state index is 15.8. The fraction of sp³-hybridized carbons (Fsp3) is 0.289. The summed E-state index contributed by atoms with van der Waals surface area (Å²) >= 11 is 0. The van der Waals surface area contributed by atoms with E-state index in [-0.39, 0.29) is 39.1 Å². The van der Waals surface area contributed by atoms with Crippen LogP contribution in [0.15, 0.2) is 92.0 Å². The third kappa shape index (κ3) is 11.3. The highest BCUT2D eigenvalue weighted by molar-refractivity contribution is 7.87. The van der Waals surface area contributed by atoms with Gasteiger partial charge in [-0.3, -0.25) is 4.79 Å². The lowest BCUT2D eigenvalue weighted by molar-refractivity contribution is -0.0509. The number of hydrogen-bond acceptors (Lipinski definition) is 9. The summed E-state index contributed by atoms with van der Waals surface area (Å²) in [6.45, 7) is 19.2. The van der Waals surface area contributed by atoms with Crippen LogP contribution in [0.1, 0.15) is 122 Å². The molecule has 0 spiro atoms. The van der Waals surface area contributed by atoms with Gasteiger partial charge in [0, 0.05) is 16.7 Å². The molecule has 1 aliphatic rings. The minimum Gasteiger partial charge on any atom is -0.478 e. The first kappa shape index (κ1) is 48.3. The van der Waals surface area contributed by atoms with Crippen molar-refractivity contribution >= 4 is 45.1 Å². The molecule has 60 heavy (non-hydrogen) atoms. The molecule has 1 N–H and O–H groups in total. The molecule has 15 heteroatoms. The molecule has 0 saturated carbocycles. The Kier molecular flexibility index (Phi) is 15.2. The Labute approximate surface area is 346 Å². The zero-order valence-corrected chi connectivity index (χ0v) is 35.2. The van der Waals surface area contributed by atoms with Crippen molar-refractivity contribution in [3.05, 3.63) is 153 Å². The number of aryl methyl sites for hydroxylation is 1. The summed E-state index contributed by atoms with van der Waals surface area (Å²) in [5, 5.41) is 9.08. The van der Waals surface area contributed by atoms with Crippen molar-refractivity contribution in [2.75, 3.05) is 14.2 Å². The molecule has 4 aromatic rings. The van der Waals surface area contributed by atoms with E-state index in [4.69, 9.17) is 5.11 Å². The van der Waals surface area contributed by atoms with Crippen LogP contribution in [0.25, 0.3) is 11.3 Å². The number of fused-ring (bicyclic) bond motifs is 1. The van der Waals surface area contributed by atoms with E-state index in [9.17, 15) is 40.8 Å². The highest BCUT2D eigenvalue weighted by Gasteiger charge is 2.49. The van der Waals surface area contributed by atoms with Gasteiger partial charge in [0.25, 0.3) is 0 Å². The van der Waals surface area contributed by atoms with Crippen LogP contribution in [-0.4, -0.2) is 56.9 Å². The number of ether oxygens (including phenoxy) is 2. The van der Waals surface area contributed by atoms with Gasteiger partial charge in [-0.2, -0.15) is 21.6 Å². The standard InChI is InChI=1S/C24H27FO2.C11H9F3O5S.C10H10O3/c1-14-13-18-20(24(5,6)12-11-23(18,3)4)21(25)19(14)15(2)16-7-9-17(10-8-16)22(26)27;1-7(19-20(16,17)11(12,13)14)8-3-5-9(6-4-8)10(15)18-2;1-7(11)8-3-5-9(6-4-8)10(12)13-2/h7-10,13H,2,11-12H2,1,3-6H3,(H,26,27);3-6H,1H2,2H3;3-6H,1-2H3. The smallest absolute Gasteiger partial charge is 0.478 e. The summed E-state index contributed by atoms with van der Waals surface area (Å²) < 4.78 is 86.5. The summed E-state index contributed by atoms with van der Waals surface area (Å²) in [4.78, 5) is 44.1. The van der Waals surface area contributed by atoms with Gasteiger partial charge in [0.2, 0.25) is 0 Å². The fourth-order valence-electron chi connectivity index (χ4n) is 6.28. The van der Waals surface area contributed by atoms with Crippen molar-refractivity contribution in [2.45, 2.75) is 70.7 Å². The minimum absolute atomic E-state index is 0.0172. The Balaban J connectivity index is 0.000000257. The van der Waals surface area contributed by atoms with Crippen LogP contribution in [0.5, 0.6) is 0 Å². The van der Waals surface area contributed by atoms with Crippen molar-refractivity contribution in [2.24, 2.45) is 0 Å². The molecule has 5 rings (SSSR count). The van der Waals surface area contributed by atoms with E-state index >= 15 is 4.39 Å². The maximum absolute atomic E-state index is 15.8. The zero-order valence-electron chi connectivity index (χ0n) is 34.4. The quantitative estimate of drug-likeness (QED) is 0.0430. The molecule has 0 amide bonds. The summed E-state index contributed by atoms with van der Waals surface area (Å²) in [5.41, 5.74) is 0.136. The summed E-state index contributed by atoms with van der Waals surface area (Å²) in [6, 6.07) is 19.7. The van der Waals surface area contributed by atoms with E-state index in [1.807, 2.05) is 6.92 Å². The van der Waals surface area contributed by atoms with Crippen LogP contribution in [0.2, 0.25) is 0 Å². The molecule has 0 saturated heterocycles. The molecule has 320 valence electrons. The second-order valence-corrected chi connectivity index (χ2v) is 16.6. The molecule has 0 aliphatic heterocycles. The number of alkyl halides is 3. The van der Waals surface area contributed by atoms with Gasteiger partial charge in [0.15, 0.2) is 5.78 Å². The largest absolute Gasteiger partial charge is 0.534 e. The Morgan fingerprint density at radius 2 is 1.10 bits per heavy atom. The molecule has 0 heterocycles. The van der Waals surface area contributed by atoms with E-state index in [0.29, 0.717) is 22.3 Å². The summed E-state index contributed by atoms with van der Waals surface area (Å²) in [5.74, 6) is -2.93. The number of halogens is 4. The average molecular weight is 855 g/mol. The van der Waals surface area contributed by atoms with Gasteiger partial charge in [-0.05, 0) is 102 Å². The Hall–Kier alpha value is -6.09. The molecule has 0 radical (unpaired) electrons. The van der Waals surface area contributed by atoms with Crippen LogP contribution in [0, 0.1) is 12.7 Å². The number of hydrogen-bond donors (Lipinski definition) is 1. The lowest BCUT2D eigenvalue weighted by atomic mass is 9.62. The average Bonchev–Trinajstić information content (AvgIpc) is 3.18. The number of rotatable bonds is 9. The molecule has 0 atom stereocenters. The van der Waals surface area contributed by atoms with Gasteiger partial charge in [-0.25, -0.2) is 18.8 Å². The van der Waals surface area contributed by atoms with Crippen LogP contribution in [0.3, 0.4) is 0 Å². The molecule has 1 aliphatic carbocycles. The van der Waals surface area contributed by atoms with Crippen LogP contribution in [-0.2, 0) is 34.6 Å². The van der Waals surface area contributed by atoms with Gasteiger partial charge < -0.3 is 18.8 Å². The molecule has 0 unspecified atom stereocenters. The van der Waals surface area contributed by atoms with Crippen LogP contribution < -0.4 is 0 Å². The van der Waals surface area contributed by atoms with E-state index in [1.165, 1.54) is 50.4 Å². The fourth-order valence-corrected chi connectivity index (χ4v) is 6.74. The van der Waals surface area contributed by atoms with E-state index in [1.54, 1.807) is 36.4 Å². The molecule has 0 fully saturated rings. The normalized spacial score (nSPS) is 13.7. The first-order chi connectivity index (χ1) is 27.7. The summed E-state index contributed by atoms with van der Waals surface area (Å²) in [7, 11) is -3.29. The maximum Gasteiger partial charge on any atom is 0.534 e. The van der Waals surface area contributed by atoms with Gasteiger partial charge in [-0.1, -0.05) is 83.3 Å². The van der Waals surface area contributed by atoms with Crippen LogP contribution in [0.4, 0.5) is 17.6 Å². The molecule has 0 bridgehead atoms. The van der Waals surface area contributed by atoms with Crippen molar-refractivity contribution in [1.82, 2.24) is 0 Å². The van der Waals surface area contributed by atoms with Gasteiger partial charge >= 0.3 is 33.5 Å². The molecular weight excluding hydrogens is 809 g/mol. The SMILES string of the molecule is C=C(OS(=O)(=O)C(F)(F)F)c1ccc(C(=O)OC)cc1.C=C(c1ccc(C(=O)O)cc1)c1c(C)cc2c(c1F)C(C)(C)CCC2(C)C.COC(=O)c1ccc(C(C)=O)cc1. The van der Waals surface area contributed by atoms with E-state index in [2.05, 4.69) is 60.6 Å². The molecule has 0 aromatic heterocycles. The van der Waals surface area contributed by atoms with E-state index in [0.717, 1.165) is 42.2 Å². The highest BCUT2D eigenvalue weighted by atomic mass is 32.2. The first-order valence-corrected chi connectivity index (χ1v) is 19.5. The Morgan fingerprint density at radius 1 is 0.700 bits per heavy atom. The molecular formula is C45H46F4O10S. The number of carbonyl (C=O) groups excluding carboxylic acids is 3. The third-order valence-corrected chi connectivity index (χ3v) is 10.8. The van der Waals surface area contributed by atoms with Gasteiger partial charge in [0.1, 0.15) is 11.6 Å². The number of esters is 2.